The molecule has 1 saturated heterocycles. The summed E-state index contributed by atoms with van der Waals surface area (Å²) in [4.78, 5) is 11.9. The Balaban J connectivity index is 2.75. The fraction of sp³-hybridized carbons (Fsp3) is 0.900. The van der Waals surface area contributed by atoms with Crippen LogP contribution in [-0.2, 0) is 14.8 Å². The minimum absolute atomic E-state index is 0.155. The van der Waals surface area contributed by atoms with Gasteiger partial charge in [-0.3, -0.25) is 4.79 Å². The monoisotopic (exact) mass is 264 g/mol. The van der Waals surface area contributed by atoms with Gasteiger partial charge in [0.15, 0.2) is 0 Å². The van der Waals surface area contributed by atoms with Gasteiger partial charge >= 0.3 is 0 Å². The molecule has 0 aromatic carbocycles. The molecule has 0 bridgehead atoms. The van der Waals surface area contributed by atoms with Crippen molar-refractivity contribution in [3.63, 3.8) is 0 Å². The summed E-state index contributed by atoms with van der Waals surface area (Å²) in [6.45, 7) is 1.91. The van der Waals surface area contributed by atoms with Crippen molar-refractivity contribution in [1.82, 2.24) is 9.62 Å². The average Bonchev–Trinajstić information content (AvgIpc) is 2.27. The number of piperidine rings is 1. The standard InChI is InChI=1S/C10H20N2O4S/c1-8(7-13)11-10(14)9-5-3-4-6-12(9)17(2,15)16/h8-9,13H,3-7H2,1-2H3,(H,11,14)/t8-,9?/m1/s1. The second kappa shape index (κ2) is 5.79. The third-order valence-corrected chi connectivity index (χ3v) is 4.13. The zero-order chi connectivity index (χ0) is 13.1. The lowest BCUT2D eigenvalue weighted by molar-refractivity contribution is -0.126. The van der Waals surface area contributed by atoms with Crippen molar-refractivity contribution < 1.29 is 18.3 Å². The normalized spacial score (nSPS) is 24.3. The molecule has 7 heteroatoms. The van der Waals surface area contributed by atoms with E-state index in [4.69, 9.17) is 5.11 Å². The highest BCUT2D eigenvalue weighted by molar-refractivity contribution is 7.88. The Kier molecular flexibility index (Phi) is 4.91. The second-order valence-corrected chi connectivity index (χ2v) is 6.41. The van der Waals surface area contributed by atoms with Gasteiger partial charge in [-0.05, 0) is 19.8 Å². The Hall–Kier alpha value is -0.660. The van der Waals surface area contributed by atoms with Crippen LogP contribution in [0.4, 0.5) is 0 Å². The van der Waals surface area contributed by atoms with Gasteiger partial charge in [-0.15, -0.1) is 0 Å². The first-order valence-electron chi connectivity index (χ1n) is 5.74. The van der Waals surface area contributed by atoms with Crippen molar-refractivity contribution in [1.29, 1.82) is 0 Å². The van der Waals surface area contributed by atoms with Crippen molar-refractivity contribution in [2.75, 3.05) is 19.4 Å². The first-order valence-corrected chi connectivity index (χ1v) is 7.59. The highest BCUT2D eigenvalue weighted by Crippen LogP contribution is 2.19. The van der Waals surface area contributed by atoms with E-state index < -0.39 is 16.1 Å². The van der Waals surface area contributed by atoms with E-state index in [0.29, 0.717) is 13.0 Å². The molecule has 1 unspecified atom stereocenters. The van der Waals surface area contributed by atoms with Gasteiger partial charge < -0.3 is 10.4 Å². The minimum Gasteiger partial charge on any atom is -0.394 e. The van der Waals surface area contributed by atoms with Crippen LogP contribution in [0.3, 0.4) is 0 Å². The van der Waals surface area contributed by atoms with Gasteiger partial charge in [-0.1, -0.05) is 6.42 Å². The number of amides is 1. The summed E-state index contributed by atoms with van der Waals surface area (Å²) < 4.78 is 24.4. The fourth-order valence-electron chi connectivity index (χ4n) is 1.95. The van der Waals surface area contributed by atoms with Crippen LogP contribution in [-0.4, -0.2) is 55.2 Å². The third-order valence-electron chi connectivity index (χ3n) is 2.84. The third kappa shape index (κ3) is 3.93. The van der Waals surface area contributed by atoms with Crippen molar-refractivity contribution >= 4 is 15.9 Å². The number of carbonyl (C=O) groups excluding carboxylic acids is 1. The van der Waals surface area contributed by atoms with E-state index >= 15 is 0 Å². The summed E-state index contributed by atoms with van der Waals surface area (Å²) in [5.74, 6) is -0.323. The first kappa shape index (κ1) is 14.4. The molecule has 0 aromatic heterocycles. The molecular formula is C10H20N2O4S. The highest BCUT2D eigenvalue weighted by Gasteiger charge is 2.34. The van der Waals surface area contributed by atoms with Crippen LogP contribution >= 0.6 is 0 Å². The summed E-state index contributed by atoms with van der Waals surface area (Å²) in [5, 5.41) is 11.5. The molecule has 2 atom stereocenters. The Morgan fingerprint density at radius 2 is 2.18 bits per heavy atom. The summed E-state index contributed by atoms with van der Waals surface area (Å²) in [6.07, 6.45) is 3.29. The number of hydrogen-bond donors (Lipinski definition) is 2. The van der Waals surface area contributed by atoms with Gasteiger partial charge in [0.1, 0.15) is 6.04 Å². The molecule has 1 amide bonds. The maximum Gasteiger partial charge on any atom is 0.238 e. The molecule has 6 nitrogen and oxygen atoms in total. The molecule has 1 aliphatic rings. The van der Waals surface area contributed by atoms with Crippen LogP contribution in [0.25, 0.3) is 0 Å². The molecule has 1 aliphatic heterocycles. The molecule has 0 saturated carbocycles. The molecule has 1 heterocycles. The van der Waals surface area contributed by atoms with E-state index in [9.17, 15) is 13.2 Å². The number of hydrogen-bond acceptors (Lipinski definition) is 4. The number of aliphatic hydroxyl groups excluding tert-OH is 1. The van der Waals surface area contributed by atoms with Crippen LogP contribution in [0.15, 0.2) is 0 Å². The van der Waals surface area contributed by atoms with Crippen LogP contribution < -0.4 is 5.32 Å². The summed E-state index contributed by atoms with van der Waals surface area (Å²) in [5.41, 5.74) is 0. The lowest BCUT2D eigenvalue weighted by atomic mass is 10.0. The quantitative estimate of drug-likeness (QED) is 0.703. The van der Waals surface area contributed by atoms with E-state index in [1.807, 2.05) is 0 Å². The number of nitrogens with zero attached hydrogens (tertiary/aromatic N) is 1. The largest absolute Gasteiger partial charge is 0.394 e. The molecule has 0 aliphatic carbocycles. The Labute approximate surface area is 102 Å². The SMILES string of the molecule is C[C@H](CO)NC(=O)C1CCCCN1S(C)(=O)=O. The van der Waals surface area contributed by atoms with Gasteiger partial charge in [0.2, 0.25) is 15.9 Å². The summed E-state index contributed by atoms with van der Waals surface area (Å²) in [6, 6.07) is -0.987. The van der Waals surface area contributed by atoms with Crippen LogP contribution in [0.2, 0.25) is 0 Å². The zero-order valence-corrected chi connectivity index (χ0v) is 11.0. The molecule has 1 rings (SSSR count). The van der Waals surface area contributed by atoms with Crippen molar-refractivity contribution in [2.24, 2.45) is 0 Å². The van der Waals surface area contributed by atoms with Crippen LogP contribution in [0.5, 0.6) is 0 Å². The van der Waals surface area contributed by atoms with Crippen molar-refractivity contribution in [2.45, 2.75) is 38.3 Å². The number of nitrogens with one attached hydrogen (secondary N) is 1. The minimum atomic E-state index is -3.35. The highest BCUT2D eigenvalue weighted by atomic mass is 32.2. The van der Waals surface area contributed by atoms with Crippen molar-refractivity contribution in [3.8, 4) is 0 Å². The van der Waals surface area contributed by atoms with E-state index in [0.717, 1.165) is 19.1 Å². The Morgan fingerprint density at radius 3 is 2.71 bits per heavy atom. The number of sulfonamides is 1. The number of carbonyl (C=O) groups is 1. The zero-order valence-electron chi connectivity index (χ0n) is 10.2. The molecular weight excluding hydrogens is 244 g/mol. The summed E-state index contributed by atoms with van der Waals surface area (Å²) in [7, 11) is -3.35. The maximum atomic E-state index is 11.9. The van der Waals surface area contributed by atoms with Crippen LogP contribution in [0.1, 0.15) is 26.2 Å². The molecule has 0 aromatic rings. The lowest BCUT2D eigenvalue weighted by Crippen LogP contribution is -2.53. The van der Waals surface area contributed by atoms with E-state index in [1.165, 1.54) is 4.31 Å². The van der Waals surface area contributed by atoms with Gasteiger partial charge in [0, 0.05) is 12.6 Å². The number of rotatable bonds is 4. The Bertz CT molecular complexity index is 369. The van der Waals surface area contributed by atoms with E-state index in [2.05, 4.69) is 5.32 Å². The molecule has 17 heavy (non-hydrogen) atoms. The average molecular weight is 264 g/mol. The van der Waals surface area contributed by atoms with Crippen LogP contribution in [0, 0.1) is 0 Å². The molecule has 0 radical (unpaired) electrons. The fourth-order valence-corrected chi connectivity index (χ4v) is 3.07. The van der Waals surface area contributed by atoms with Gasteiger partial charge in [0.25, 0.3) is 0 Å². The van der Waals surface area contributed by atoms with Crippen molar-refractivity contribution in [3.05, 3.63) is 0 Å². The predicted molar refractivity (Wildman–Crippen MR) is 63.9 cm³/mol. The van der Waals surface area contributed by atoms with Gasteiger partial charge in [-0.2, -0.15) is 4.31 Å². The Morgan fingerprint density at radius 1 is 1.53 bits per heavy atom. The van der Waals surface area contributed by atoms with E-state index in [1.54, 1.807) is 6.92 Å². The maximum absolute atomic E-state index is 11.9. The summed E-state index contributed by atoms with van der Waals surface area (Å²) >= 11 is 0. The molecule has 0 spiro atoms. The topological polar surface area (TPSA) is 86.7 Å². The van der Waals surface area contributed by atoms with Gasteiger partial charge in [-0.25, -0.2) is 8.42 Å². The van der Waals surface area contributed by atoms with E-state index in [-0.39, 0.29) is 18.6 Å². The first-order chi connectivity index (χ1) is 7.86. The molecule has 2 N–H and O–H groups in total. The second-order valence-electron chi connectivity index (χ2n) is 4.48. The number of aliphatic hydroxyl groups is 1. The predicted octanol–water partition coefficient (Wildman–Crippen LogP) is -0.702. The molecule has 1 fully saturated rings. The molecule has 100 valence electrons. The lowest BCUT2D eigenvalue weighted by Gasteiger charge is -2.33. The van der Waals surface area contributed by atoms with Gasteiger partial charge in [0.05, 0.1) is 12.9 Å². The smallest absolute Gasteiger partial charge is 0.238 e.